The van der Waals surface area contributed by atoms with Crippen LogP contribution in [0.2, 0.25) is 0 Å². The molecule has 1 saturated carbocycles. The molecule has 0 saturated heterocycles. The van der Waals surface area contributed by atoms with Crippen molar-refractivity contribution in [2.24, 2.45) is 28.9 Å². The predicted molar refractivity (Wildman–Crippen MR) is 71.6 cm³/mol. The van der Waals surface area contributed by atoms with Crippen LogP contribution in [0.15, 0.2) is 0 Å². The number of rotatable bonds is 6. The van der Waals surface area contributed by atoms with Gasteiger partial charge >= 0.3 is 11.9 Å². The number of carbonyl (C=O) groups is 2. The van der Waals surface area contributed by atoms with Gasteiger partial charge in [0.25, 0.3) is 0 Å². The molecule has 0 aromatic carbocycles. The van der Waals surface area contributed by atoms with Gasteiger partial charge in [0.05, 0.1) is 5.41 Å². The SMILES string of the molecule is CCC1(C(=O)O)CC(C(CC(=O)O)C(C)N)CC1C. The van der Waals surface area contributed by atoms with Crippen LogP contribution in [0.25, 0.3) is 0 Å². The zero-order chi connectivity index (χ0) is 14.8. The Labute approximate surface area is 114 Å². The van der Waals surface area contributed by atoms with Gasteiger partial charge in [0.2, 0.25) is 0 Å². The van der Waals surface area contributed by atoms with E-state index < -0.39 is 17.4 Å². The number of carboxylic acid groups (broad SMARTS) is 2. The van der Waals surface area contributed by atoms with Crippen LogP contribution in [0.5, 0.6) is 0 Å². The minimum absolute atomic E-state index is 0.0223. The normalized spacial score (nSPS) is 33.9. The summed E-state index contributed by atoms with van der Waals surface area (Å²) in [6.45, 7) is 5.66. The summed E-state index contributed by atoms with van der Waals surface area (Å²) in [6.07, 6.45) is 1.90. The number of nitrogens with two attached hydrogens (primary N) is 1. The van der Waals surface area contributed by atoms with Gasteiger partial charge in [-0.1, -0.05) is 13.8 Å². The van der Waals surface area contributed by atoms with Gasteiger partial charge in [-0.3, -0.25) is 9.59 Å². The fourth-order valence-corrected chi connectivity index (χ4v) is 3.68. The van der Waals surface area contributed by atoms with E-state index in [4.69, 9.17) is 10.8 Å². The first-order valence-electron chi connectivity index (χ1n) is 6.95. The van der Waals surface area contributed by atoms with Gasteiger partial charge in [0, 0.05) is 12.5 Å². The maximum atomic E-state index is 11.6. The summed E-state index contributed by atoms with van der Waals surface area (Å²) in [7, 11) is 0. The molecule has 0 aliphatic heterocycles. The molecule has 5 atom stereocenters. The predicted octanol–water partition coefficient (Wildman–Crippen LogP) is 1.95. The third-order valence-corrected chi connectivity index (χ3v) is 4.97. The lowest BCUT2D eigenvalue weighted by Crippen LogP contribution is -2.35. The number of aliphatic carboxylic acids is 2. The molecule has 0 radical (unpaired) electrons. The summed E-state index contributed by atoms with van der Waals surface area (Å²) in [6, 6.07) is -0.227. The van der Waals surface area contributed by atoms with Gasteiger partial charge in [-0.25, -0.2) is 0 Å². The van der Waals surface area contributed by atoms with Crippen LogP contribution in [0.3, 0.4) is 0 Å². The van der Waals surface area contributed by atoms with Gasteiger partial charge < -0.3 is 15.9 Å². The molecule has 1 aliphatic rings. The van der Waals surface area contributed by atoms with Crippen LogP contribution < -0.4 is 5.73 Å². The summed E-state index contributed by atoms with van der Waals surface area (Å²) < 4.78 is 0. The summed E-state index contributed by atoms with van der Waals surface area (Å²) >= 11 is 0. The van der Waals surface area contributed by atoms with Crippen molar-refractivity contribution in [3.8, 4) is 0 Å². The highest BCUT2D eigenvalue weighted by atomic mass is 16.4. The number of carboxylic acids is 2. The second-order valence-corrected chi connectivity index (χ2v) is 6.04. The summed E-state index contributed by atoms with van der Waals surface area (Å²) in [5.74, 6) is -1.62. The molecule has 4 N–H and O–H groups in total. The first kappa shape index (κ1) is 16.0. The van der Waals surface area contributed by atoms with E-state index >= 15 is 0 Å². The quantitative estimate of drug-likeness (QED) is 0.685. The van der Waals surface area contributed by atoms with Crippen molar-refractivity contribution in [3.05, 3.63) is 0 Å². The van der Waals surface area contributed by atoms with Gasteiger partial charge in [-0.15, -0.1) is 0 Å². The number of hydrogen-bond donors (Lipinski definition) is 3. The Morgan fingerprint density at radius 1 is 1.42 bits per heavy atom. The molecule has 0 spiro atoms. The maximum Gasteiger partial charge on any atom is 0.309 e. The van der Waals surface area contributed by atoms with E-state index in [9.17, 15) is 14.7 Å². The largest absolute Gasteiger partial charge is 0.481 e. The zero-order valence-electron chi connectivity index (χ0n) is 11.9. The second-order valence-electron chi connectivity index (χ2n) is 6.04. The fraction of sp³-hybridized carbons (Fsp3) is 0.857. The molecule has 5 heteroatoms. The van der Waals surface area contributed by atoms with Gasteiger partial charge in [-0.05, 0) is 43.9 Å². The molecule has 0 heterocycles. The topological polar surface area (TPSA) is 101 Å². The highest BCUT2D eigenvalue weighted by Gasteiger charge is 2.51. The second kappa shape index (κ2) is 5.90. The molecule has 0 aromatic heterocycles. The zero-order valence-corrected chi connectivity index (χ0v) is 11.9. The van der Waals surface area contributed by atoms with E-state index in [2.05, 4.69) is 0 Å². The first-order valence-corrected chi connectivity index (χ1v) is 6.95. The van der Waals surface area contributed by atoms with E-state index in [0.717, 1.165) is 6.42 Å². The van der Waals surface area contributed by atoms with E-state index in [1.165, 1.54) is 0 Å². The molecule has 5 nitrogen and oxygen atoms in total. The fourth-order valence-electron chi connectivity index (χ4n) is 3.68. The molecule has 19 heavy (non-hydrogen) atoms. The lowest BCUT2D eigenvalue weighted by atomic mass is 9.75. The maximum absolute atomic E-state index is 11.6. The van der Waals surface area contributed by atoms with Crippen LogP contribution in [-0.4, -0.2) is 28.2 Å². The van der Waals surface area contributed by atoms with Crippen molar-refractivity contribution < 1.29 is 19.8 Å². The minimum atomic E-state index is -0.862. The van der Waals surface area contributed by atoms with Gasteiger partial charge in [0.1, 0.15) is 0 Å². The summed E-state index contributed by atoms with van der Waals surface area (Å²) in [5.41, 5.74) is 5.19. The van der Waals surface area contributed by atoms with Crippen LogP contribution in [0, 0.1) is 23.2 Å². The van der Waals surface area contributed by atoms with Crippen molar-refractivity contribution in [2.45, 2.75) is 52.5 Å². The van der Waals surface area contributed by atoms with E-state index in [0.29, 0.717) is 12.8 Å². The Bertz CT molecular complexity index is 355. The molecule has 0 bridgehead atoms. The lowest BCUT2D eigenvalue weighted by molar-refractivity contribution is -0.151. The molecule has 0 amide bonds. The average molecular weight is 271 g/mol. The van der Waals surface area contributed by atoms with Crippen molar-refractivity contribution in [1.29, 1.82) is 0 Å². The monoisotopic (exact) mass is 271 g/mol. The van der Waals surface area contributed by atoms with E-state index in [-0.39, 0.29) is 30.2 Å². The number of hydrogen-bond acceptors (Lipinski definition) is 3. The Balaban J connectivity index is 2.92. The molecule has 0 aromatic rings. The molecule has 1 rings (SSSR count). The molecule has 1 aliphatic carbocycles. The first-order chi connectivity index (χ1) is 8.74. The third-order valence-electron chi connectivity index (χ3n) is 4.97. The van der Waals surface area contributed by atoms with Crippen molar-refractivity contribution in [1.82, 2.24) is 0 Å². The van der Waals surface area contributed by atoms with E-state index in [1.807, 2.05) is 20.8 Å². The molecule has 5 unspecified atom stereocenters. The van der Waals surface area contributed by atoms with Crippen molar-refractivity contribution >= 4 is 11.9 Å². The Morgan fingerprint density at radius 3 is 2.32 bits per heavy atom. The standard InChI is InChI=1S/C14H25NO4/c1-4-14(13(18)19)7-10(5-8(14)2)11(9(3)15)6-12(16)17/h8-11H,4-7,15H2,1-3H3,(H,16,17)(H,18,19). The average Bonchev–Trinajstić information content (AvgIpc) is 2.63. The van der Waals surface area contributed by atoms with Crippen molar-refractivity contribution in [2.75, 3.05) is 0 Å². The molecule has 110 valence electrons. The van der Waals surface area contributed by atoms with E-state index in [1.54, 1.807) is 0 Å². The molecular weight excluding hydrogens is 246 g/mol. The van der Waals surface area contributed by atoms with Crippen LogP contribution in [0.4, 0.5) is 0 Å². The summed E-state index contributed by atoms with van der Waals surface area (Å²) in [4.78, 5) is 22.5. The lowest BCUT2D eigenvalue weighted by Gasteiger charge is -2.29. The highest BCUT2D eigenvalue weighted by Crippen LogP contribution is 2.52. The third kappa shape index (κ3) is 3.08. The van der Waals surface area contributed by atoms with Gasteiger partial charge in [-0.2, -0.15) is 0 Å². The minimum Gasteiger partial charge on any atom is -0.481 e. The molecule has 1 fully saturated rings. The summed E-state index contributed by atoms with van der Waals surface area (Å²) in [5, 5.41) is 18.5. The van der Waals surface area contributed by atoms with Crippen LogP contribution in [-0.2, 0) is 9.59 Å². The Hall–Kier alpha value is -1.10. The van der Waals surface area contributed by atoms with Gasteiger partial charge in [0.15, 0.2) is 0 Å². The molecular formula is C14H25NO4. The Kier molecular flexibility index (Phi) is 4.96. The van der Waals surface area contributed by atoms with Crippen LogP contribution in [0.1, 0.15) is 46.5 Å². The highest BCUT2D eigenvalue weighted by molar-refractivity contribution is 5.75. The Morgan fingerprint density at radius 2 is 2.00 bits per heavy atom. The smallest absolute Gasteiger partial charge is 0.309 e. The van der Waals surface area contributed by atoms with Crippen molar-refractivity contribution in [3.63, 3.8) is 0 Å². The van der Waals surface area contributed by atoms with Crippen LogP contribution >= 0.6 is 0 Å².